The van der Waals surface area contributed by atoms with Crippen LogP contribution in [0.1, 0.15) is 99.7 Å². The number of carbonyl (C=O) groups is 6. The number of furan rings is 1. The molecule has 294 valence electrons. The van der Waals surface area contributed by atoms with Gasteiger partial charge in [-0.1, -0.05) is 40.7 Å². The first-order valence-corrected chi connectivity index (χ1v) is 18.4. The summed E-state index contributed by atoms with van der Waals surface area (Å²) in [6.45, 7) is 14.2. The third-order valence-electron chi connectivity index (χ3n) is 13.4. The van der Waals surface area contributed by atoms with Crippen LogP contribution >= 0.6 is 0 Å². The van der Waals surface area contributed by atoms with Crippen LogP contribution in [0.4, 0.5) is 0 Å². The van der Waals surface area contributed by atoms with Gasteiger partial charge in [0.15, 0.2) is 23.9 Å². The van der Waals surface area contributed by atoms with Crippen LogP contribution in [0.3, 0.4) is 0 Å². The van der Waals surface area contributed by atoms with E-state index in [4.69, 9.17) is 32.8 Å². The molecule has 1 aromatic heterocycles. The molecule has 11 atom stereocenters. The van der Waals surface area contributed by atoms with Crippen LogP contribution in [0, 0.1) is 34.0 Å². The zero-order valence-corrected chi connectivity index (χ0v) is 32.4. The Kier molecular flexibility index (Phi) is 9.51. The lowest BCUT2D eigenvalue weighted by molar-refractivity contribution is -0.323. The Labute approximate surface area is 313 Å². The zero-order chi connectivity index (χ0) is 39.9. The first-order chi connectivity index (χ1) is 25.2. The lowest BCUT2D eigenvalue weighted by Crippen LogP contribution is -2.82. The number of aliphatic hydroxyl groups is 1. The fourth-order valence-corrected chi connectivity index (χ4v) is 11.2. The third-order valence-corrected chi connectivity index (χ3v) is 13.4. The normalized spacial score (nSPS) is 39.3. The van der Waals surface area contributed by atoms with E-state index in [1.165, 1.54) is 26.6 Å². The Morgan fingerprint density at radius 1 is 1.04 bits per heavy atom. The second kappa shape index (κ2) is 13.1. The first kappa shape index (κ1) is 39.2. The largest absolute Gasteiger partial charge is 0.472 e. The topological polar surface area (TPSA) is 191 Å². The Bertz CT molecular complexity index is 1840. The molecule has 4 aliphatic carbocycles. The quantitative estimate of drug-likeness (QED) is 0.159. The molecule has 0 unspecified atom stereocenters. The number of hydrogen-bond acceptors (Lipinski definition) is 14. The van der Waals surface area contributed by atoms with E-state index >= 15 is 0 Å². The van der Waals surface area contributed by atoms with E-state index in [1.54, 1.807) is 46.8 Å². The number of hydrogen-bond donors (Lipinski definition) is 1. The molecule has 54 heavy (non-hydrogen) atoms. The summed E-state index contributed by atoms with van der Waals surface area (Å²) < 4.78 is 42.4. The maximum atomic E-state index is 14.0. The molecule has 14 heteroatoms. The van der Waals surface area contributed by atoms with Crippen molar-refractivity contribution in [1.29, 1.82) is 0 Å². The van der Waals surface area contributed by atoms with Gasteiger partial charge in [-0.25, -0.2) is 9.59 Å². The number of carbonyl (C=O) groups excluding carboxylic acids is 6. The Balaban J connectivity index is 1.80. The van der Waals surface area contributed by atoms with Crippen molar-refractivity contribution in [2.75, 3.05) is 7.11 Å². The lowest BCUT2D eigenvalue weighted by atomic mass is 9.40. The van der Waals surface area contributed by atoms with Crippen LogP contribution in [-0.2, 0) is 57.2 Å². The highest BCUT2D eigenvalue weighted by Crippen LogP contribution is 2.82. The second-order valence-corrected chi connectivity index (χ2v) is 16.5. The summed E-state index contributed by atoms with van der Waals surface area (Å²) >= 11 is 0. The molecular formula is C40H50O14. The highest BCUT2D eigenvalue weighted by atomic mass is 16.7. The number of cyclic esters (lactones) is 1. The van der Waals surface area contributed by atoms with Crippen molar-refractivity contribution in [3.05, 3.63) is 47.0 Å². The number of allylic oxidation sites excluding steroid dienone is 1. The minimum atomic E-state index is -2.29. The van der Waals surface area contributed by atoms with Gasteiger partial charge in [0.05, 0.1) is 25.6 Å². The molecule has 1 N–H and O–H groups in total. The Morgan fingerprint density at radius 3 is 2.26 bits per heavy atom. The predicted molar refractivity (Wildman–Crippen MR) is 185 cm³/mol. The van der Waals surface area contributed by atoms with Crippen LogP contribution in [0.5, 0.6) is 0 Å². The predicted octanol–water partition coefficient (Wildman–Crippen LogP) is 4.62. The van der Waals surface area contributed by atoms with Gasteiger partial charge in [0.1, 0.15) is 6.10 Å². The number of methoxy groups -OCH3 is 1. The van der Waals surface area contributed by atoms with Crippen LogP contribution in [0.15, 0.2) is 45.8 Å². The van der Waals surface area contributed by atoms with Gasteiger partial charge in [-0.3, -0.25) is 19.2 Å². The summed E-state index contributed by atoms with van der Waals surface area (Å²) in [5.74, 6) is -7.00. The van der Waals surface area contributed by atoms with E-state index in [1.807, 2.05) is 13.8 Å². The first-order valence-electron chi connectivity index (χ1n) is 18.4. The summed E-state index contributed by atoms with van der Waals surface area (Å²) in [5, 5.41) is 12.0. The van der Waals surface area contributed by atoms with Crippen molar-refractivity contribution in [2.24, 2.45) is 34.0 Å². The number of ether oxygens (including phenoxy) is 6. The maximum absolute atomic E-state index is 14.0. The van der Waals surface area contributed by atoms with Gasteiger partial charge in [-0.15, -0.1) is 0 Å². The average Bonchev–Trinajstić information content (AvgIpc) is 3.75. The molecular weight excluding hydrogens is 704 g/mol. The van der Waals surface area contributed by atoms with Crippen LogP contribution in [0.2, 0.25) is 0 Å². The lowest BCUT2D eigenvalue weighted by Gasteiger charge is -2.69. The number of fused-ring (bicyclic) bond motifs is 4. The van der Waals surface area contributed by atoms with Gasteiger partial charge in [0, 0.05) is 54.1 Å². The van der Waals surface area contributed by atoms with E-state index in [0.29, 0.717) is 18.4 Å². The van der Waals surface area contributed by atoms with Gasteiger partial charge >= 0.3 is 35.8 Å². The van der Waals surface area contributed by atoms with Crippen molar-refractivity contribution in [1.82, 2.24) is 0 Å². The Hall–Kier alpha value is -4.46. The molecule has 1 aliphatic heterocycles. The minimum absolute atomic E-state index is 0.0772. The van der Waals surface area contributed by atoms with Crippen LogP contribution in [0.25, 0.3) is 0 Å². The summed E-state index contributed by atoms with van der Waals surface area (Å²) in [5.41, 5.74) is -6.80. The highest BCUT2D eigenvalue weighted by molar-refractivity contribution is 5.88. The molecule has 1 aromatic rings. The van der Waals surface area contributed by atoms with Crippen molar-refractivity contribution < 1.29 is 66.7 Å². The molecule has 3 saturated carbocycles. The van der Waals surface area contributed by atoms with E-state index in [-0.39, 0.29) is 29.6 Å². The highest BCUT2D eigenvalue weighted by Gasteiger charge is 2.94. The standard InChI is InChI=1S/C40H50O14/c1-11-20(4)33(46)52-35-37(8)18-39(53-21(5)41)38(9,25(37)16-26(43)48-10)24-12-14-36(7)28(29(44)34(47)50-30(36)23-13-15-49-17-23)27(24)31(51-32(45)19(2)3)40(35,39)54-22(6)42/h11,13,15,17,19,24-25,29-31,35,44H,12,14,16,18H2,1-10H3/t24-,25-,29+,30-,31-,35-,36+,37+,38+,39+,40+/m0/s1. The minimum Gasteiger partial charge on any atom is -0.472 e. The SMILES string of the molecule is CC=C(C)C(=O)O[C@H]1[C@]2(C)C[C@@]3(OC(C)=O)[C@](C)([C@H]4CC[C@]5(C)C(=C4[C@H](OC(=O)C(C)C)[C@@]13OC(C)=O)[C@@H](O)C(=O)O[C@H]5c1ccoc1)[C@H]2CC(=O)OC. The Morgan fingerprint density at radius 2 is 1.70 bits per heavy atom. The van der Waals surface area contributed by atoms with Crippen molar-refractivity contribution >= 4 is 35.8 Å². The van der Waals surface area contributed by atoms with E-state index < -0.39 is 105 Å². The summed E-state index contributed by atoms with van der Waals surface area (Å²) in [4.78, 5) is 82.3. The fourth-order valence-electron chi connectivity index (χ4n) is 11.2. The van der Waals surface area contributed by atoms with E-state index in [0.717, 1.165) is 6.92 Å². The molecule has 0 radical (unpaired) electrons. The van der Waals surface area contributed by atoms with Crippen LogP contribution in [-0.4, -0.2) is 77.5 Å². The molecule has 1 saturated heterocycles. The molecule has 14 nitrogen and oxygen atoms in total. The number of aliphatic hydroxyl groups excluding tert-OH is 1. The van der Waals surface area contributed by atoms with Gasteiger partial charge in [0.2, 0.25) is 5.60 Å². The van der Waals surface area contributed by atoms with E-state index in [2.05, 4.69) is 0 Å². The molecule has 0 amide bonds. The molecule has 4 fully saturated rings. The molecule has 0 spiro atoms. The maximum Gasteiger partial charge on any atom is 0.339 e. The van der Waals surface area contributed by atoms with Crippen molar-refractivity contribution in [2.45, 2.75) is 124 Å². The third kappa shape index (κ3) is 5.07. The van der Waals surface area contributed by atoms with Gasteiger partial charge < -0.3 is 37.9 Å². The molecule has 5 aliphatic rings. The van der Waals surface area contributed by atoms with E-state index in [9.17, 15) is 33.9 Å². The summed E-state index contributed by atoms with van der Waals surface area (Å²) in [6, 6.07) is 1.65. The molecule has 2 heterocycles. The molecule has 6 rings (SSSR count). The number of esters is 6. The summed E-state index contributed by atoms with van der Waals surface area (Å²) in [7, 11) is 1.25. The van der Waals surface area contributed by atoms with Crippen molar-refractivity contribution in [3.8, 4) is 0 Å². The summed E-state index contributed by atoms with van der Waals surface area (Å²) in [6.07, 6.45) is -1.27. The zero-order valence-electron chi connectivity index (χ0n) is 32.4. The molecule has 2 bridgehead atoms. The molecule has 0 aromatic carbocycles. The van der Waals surface area contributed by atoms with Gasteiger partial charge in [-0.05, 0) is 55.7 Å². The second-order valence-electron chi connectivity index (χ2n) is 16.5. The fraction of sp³-hybridized carbons (Fsp3) is 0.650. The van der Waals surface area contributed by atoms with Crippen molar-refractivity contribution in [3.63, 3.8) is 0 Å². The van der Waals surface area contributed by atoms with Gasteiger partial charge in [0.25, 0.3) is 0 Å². The number of rotatable bonds is 9. The smallest absolute Gasteiger partial charge is 0.339 e. The average molecular weight is 755 g/mol. The van der Waals surface area contributed by atoms with Gasteiger partial charge in [-0.2, -0.15) is 0 Å². The van der Waals surface area contributed by atoms with Crippen LogP contribution < -0.4 is 0 Å². The monoisotopic (exact) mass is 754 g/mol.